The molecule has 23 heteroatoms. The highest BCUT2D eigenvalue weighted by Crippen LogP contribution is 2.39. The van der Waals surface area contributed by atoms with Gasteiger partial charge >= 0.3 is 5.97 Å². The molecule has 18 unspecified atom stereocenters. The highest BCUT2D eigenvalue weighted by atomic mass is 16.8. The number of carboxylic acids is 1. The van der Waals surface area contributed by atoms with Crippen LogP contribution in [-0.2, 0) is 42.8 Å². The van der Waals surface area contributed by atoms with Crippen LogP contribution in [0.1, 0.15) is 310 Å². The van der Waals surface area contributed by atoms with E-state index in [0.717, 1.165) is 51.9 Å². The number of amides is 2. The summed E-state index contributed by atoms with van der Waals surface area (Å²) in [5.74, 6) is -6.13. The van der Waals surface area contributed by atoms with Gasteiger partial charge in [0, 0.05) is 19.8 Å². The topological polar surface area (TPSA) is 373 Å². The van der Waals surface area contributed by atoms with E-state index >= 15 is 0 Å². The monoisotopic (exact) mass is 1400 g/mol. The van der Waals surface area contributed by atoms with Gasteiger partial charge in [-0.2, -0.15) is 0 Å². The quantitative estimate of drug-likeness (QED) is 0.0199. The van der Waals surface area contributed by atoms with Gasteiger partial charge in [0.15, 0.2) is 12.6 Å². The molecule has 0 radical (unpaired) electrons. The van der Waals surface area contributed by atoms with Crippen molar-refractivity contribution < 1.29 is 104 Å². The van der Waals surface area contributed by atoms with Crippen LogP contribution in [-0.4, -0.2) is 215 Å². The number of ether oxygens (including phenoxy) is 6. The largest absolute Gasteiger partial charge is 0.477 e. The Labute approximate surface area is 588 Å². The van der Waals surface area contributed by atoms with Crippen LogP contribution in [0, 0.1) is 0 Å². The van der Waals surface area contributed by atoms with Crippen molar-refractivity contribution in [3.63, 3.8) is 0 Å². The van der Waals surface area contributed by atoms with Crippen LogP contribution in [0.15, 0.2) is 12.2 Å². The molecule has 3 fully saturated rings. The lowest BCUT2D eigenvalue weighted by Crippen LogP contribution is -2.70. The fourth-order valence-electron chi connectivity index (χ4n) is 13.8. The molecule has 0 aromatic heterocycles. The number of carboxylic acid groups (broad SMARTS) is 1. The molecule has 98 heavy (non-hydrogen) atoms. The Hall–Kier alpha value is -2.53. The predicted molar refractivity (Wildman–Crippen MR) is 375 cm³/mol. The van der Waals surface area contributed by atoms with Crippen LogP contribution in [0.2, 0.25) is 0 Å². The van der Waals surface area contributed by atoms with Gasteiger partial charge < -0.3 is 100 Å². The molecule has 576 valence electrons. The number of nitrogens with one attached hydrogen (secondary N) is 2. The first-order valence-corrected chi connectivity index (χ1v) is 39.1. The van der Waals surface area contributed by atoms with Crippen LogP contribution in [0.25, 0.3) is 0 Å². The molecule has 0 aromatic rings. The van der Waals surface area contributed by atoms with Gasteiger partial charge in [0.1, 0.15) is 67.1 Å². The highest BCUT2D eigenvalue weighted by molar-refractivity contribution is 5.77. The molecule has 23 nitrogen and oxygen atoms in total. The van der Waals surface area contributed by atoms with E-state index < -0.39 is 155 Å². The van der Waals surface area contributed by atoms with E-state index in [1.807, 2.05) is 6.08 Å². The lowest BCUT2D eigenvalue weighted by atomic mass is 9.88. The maximum absolute atomic E-state index is 13.5. The fraction of sp³-hybridized carbons (Fsp3) is 0.933. The van der Waals surface area contributed by atoms with E-state index in [1.165, 1.54) is 218 Å². The van der Waals surface area contributed by atoms with Crippen molar-refractivity contribution in [2.24, 2.45) is 0 Å². The SMILES string of the molecule is CCCCCCCCCCCCCC/C=C/C(O)C(COC1OC(CO)C(OC2OC(CO)C(O)C(OC3(C(=O)O)CC(O)C(NC(C)=O)C(C(O)C(O)CO)O3)C2O)C(O)C1O)NC(=O)CCCCCCCCCCCCCCCCCCCCCCCCCCCCCCCC. The van der Waals surface area contributed by atoms with Crippen molar-refractivity contribution in [1.82, 2.24) is 10.6 Å². The summed E-state index contributed by atoms with van der Waals surface area (Å²) in [7, 11) is 0. The number of carbonyl (C=O) groups is 3. The van der Waals surface area contributed by atoms with Crippen molar-refractivity contribution in [2.45, 2.75) is 420 Å². The number of allylic oxidation sites excluding steroid dienone is 1. The normalized spacial score (nSPS) is 27.3. The van der Waals surface area contributed by atoms with Crippen LogP contribution < -0.4 is 10.6 Å². The summed E-state index contributed by atoms with van der Waals surface area (Å²) in [4.78, 5) is 38.6. The summed E-state index contributed by atoms with van der Waals surface area (Å²) in [5.41, 5.74) is 0. The average Bonchev–Trinajstić information content (AvgIpc) is 0.754. The van der Waals surface area contributed by atoms with Crippen LogP contribution in [0.4, 0.5) is 0 Å². The van der Waals surface area contributed by atoms with E-state index in [-0.39, 0.29) is 12.3 Å². The van der Waals surface area contributed by atoms with E-state index in [9.17, 15) is 75.7 Å². The van der Waals surface area contributed by atoms with Gasteiger partial charge in [0.05, 0.1) is 50.7 Å². The second kappa shape index (κ2) is 55.0. The first kappa shape index (κ1) is 89.7. The summed E-state index contributed by atoms with van der Waals surface area (Å²) in [5, 5.41) is 136. The van der Waals surface area contributed by atoms with E-state index in [1.54, 1.807) is 6.08 Å². The summed E-state index contributed by atoms with van der Waals surface area (Å²) < 4.78 is 34.8. The second-order valence-electron chi connectivity index (χ2n) is 28.6. The van der Waals surface area contributed by atoms with Gasteiger partial charge in [-0.25, -0.2) is 4.79 Å². The summed E-state index contributed by atoms with van der Waals surface area (Å²) in [6.45, 7) is 2.17. The first-order chi connectivity index (χ1) is 47.4. The van der Waals surface area contributed by atoms with E-state index in [0.29, 0.717) is 12.8 Å². The zero-order valence-corrected chi connectivity index (χ0v) is 60.7. The van der Waals surface area contributed by atoms with Crippen molar-refractivity contribution in [1.29, 1.82) is 0 Å². The number of rotatable bonds is 61. The predicted octanol–water partition coefficient (Wildman–Crippen LogP) is 9.41. The number of unbranched alkanes of at least 4 members (excludes halogenated alkanes) is 41. The minimum absolute atomic E-state index is 0.205. The van der Waals surface area contributed by atoms with Crippen molar-refractivity contribution in [3.05, 3.63) is 12.2 Å². The minimum Gasteiger partial charge on any atom is -0.477 e. The van der Waals surface area contributed by atoms with Crippen molar-refractivity contribution in [3.8, 4) is 0 Å². The molecule has 3 heterocycles. The Morgan fingerprint density at radius 2 is 0.949 bits per heavy atom. The number of aliphatic carboxylic acids is 1. The Morgan fingerprint density at radius 3 is 1.36 bits per heavy atom. The van der Waals surface area contributed by atoms with Crippen molar-refractivity contribution >= 4 is 17.8 Å². The average molecular weight is 1410 g/mol. The smallest absolute Gasteiger partial charge is 0.364 e. The van der Waals surface area contributed by atoms with E-state index in [4.69, 9.17) is 28.4 Å². The second-order valence-corrected chi connectivity index (χ2v) is 28.6. The molecular formula is C75H140N2O21. The number of hydrogen-bond acceptors (Lipinski definition) is 20. The van der Waals surface area contributed by atoms with Gasteiger partial charge in [-0.3, -0.25) is 9.59 Å². The molecule has 14 N–H and O–H groups in total. The molecule has 0 aliphatic carbocycles. The molecule has 0 spiro atoms. The molecular weight excluding hydrogens is 1260 g/mol. The molecule has 3 rings (SSSR count). The lowest BCUT2D eigenvalue weighted by Gasteiger charge is -2.50. The molecule has 3 saturated heterocycles. The van der Waals surface area contributed by atoms with Crippen LogP contribution in [0.5, 0.6) is 0 Å². The zero-order chi connectivity index (χ0) is 71.8. The molecule has 0 bridgehead atoms. The van der Waals surface area contributed by atoms with E-state index in [2.05, 4.69) is 24.5 Å². The summed E-state index contributed by atoms with van der Waals surface area (Å²) in [6, 6.07) is -2.61. The zero-order valence-electron chi connectivity index (χ0n) is 60.7. The number of aliphatic hydroxyl groups excluding tert-OH is 11. The van der Waals surface area contributed by atoms with Gasteiger partial charge in [0.2, 0.25) is 11.8 Å². The lowest BCUT2D eigenvalue weighted by molar-refractivity contribution is -0.386. The molecule has 2 amide bonds. The summed E-state index contributed by atoms with van der Waals surface area (Å²) >= 11 is 0. The first-order valence-electron chi connectivity index (χ1n) is 39.1. The maximum atomic E-state index is 13.5. The third kappa shape index (κ3) is 35.8. The molecule has 18 atom stereocenters. The van der Waals surface area contributed by atoms with Crippen LogP contribution in [0.3, 0.4) is 0 Å². The Balaban J connectivity index is 1.48. The molecule has 0 aromatic carbocycles. The Morgan fingerprint density at radius 1 is 0.531 bits per heavy atom. The molecule has 0 saturated carbocycles. The van der Waals surface area contributed by atoms with Gasteiger partial charge in [-0.15, -0.1) is 0 Å². The highest BCUT2D eigenvalue weighted by Gasteiger charge is 2.60. The molecule has 3 aliphatic heterocycles. The summed E-state index contributed by atoms with van der Waals surface area (Å²) in [6.07, 6.45) is 28.4. The standard InChI is InChI=1S/C75H140N2O21/c1-4-6-8-10-12-14-16-18-20-21-22-23-24-25-26-27-28-29-30-31-32-33-34-35-37-39-41-43-45-47-49-62(85)77-56(57(82)48-46-44-42-40-38-36-19-17-15-13-11-9-7-5-2)54-93-72-67(89)66(88)69(61(53-80)95-72)96-73-68(90)71(65(87)60(52-79)94-73)98-75(74(91)92)50-58(83)63(76-55(3)81)70(97-75)64(86)59(84)51-78/h46,48,56-61,63-73,78-80,82-84,86-90H,4-45,47,49-54H2,1-3H3,(H,76,81)(H,77,85)(H,91,92)/b48-46+. The van der Waals surface area contributed by atoms with Gasteiger partial charge in [0.25, 0.3) is 5.79 Å². The third-order valence-electron chi connectivity index (χ3n) is 20.0. The minimum atomic E-state index is -3.08. The number of carbonyl (C=O) groups excluding carboxylic acids is 2. The van der Waals surface area contributed by atoms with Crippen molar-refractivity contribution in [2.75, 3.05) is 26.4 Å². The fourth-order valence-corrected chi connectivity index (χ4v) is 13.8. The third-order valence-corrected chi connectivity index (χ3v) is 20.0. The van der Waals surface area contributed by atoms with Crippen LogP contribution >= 0.6 is 0 Å². The number of aliphatic hydroxyl groups is 11. The Bertz CT molecular complexity index is 2010. The van der Waals surface area contributed by atoms with Gasteiger partial charge in [-0.1, -0.05) is 283 Å². The van der Waals surface area contributed by atoms with Gasteiger partial charge in [-0.05, 0) is 19.3 Å². The Kier molecular flexibility index (Phi) is 50.4. The molecule has 3 aliphatic rings. The maximum Gasteiger partial charge on any atom is 0.364 e. The number of hydrogen-bond donors (Lipinski definition) is 14.